The number of aryl methyl sites for hydroxylation is 1. The minimum absolute atomic E-state index is 0. The summed E-state index contributed by atoms with van der Waals surface area (Å²) in [6.07, 6.45) is 3.40. The van der Waals surface area contributed by atoms with Crippen LogP contribution in [0.15, 0.2) is 21.7 Å². The van der Waals surface area contributed by atoms with Gasteiger partial charge >= 0.3 is 0 Å². The van der Waals surface area contributed by atoms with Crippen molar-refractivity contribution in [3.8, 4) is 0 Å². The smallest absolute Gasteiger partial charge is 0.221 e. The van der Waals surface area contributed by atoms with Crippen molar-refractivity contribution < 1.29 is 4.79 Å². The maximum Gasteiger partial charge on any atom is 0.221 e. The molecule has 24 heavy (non-hydrogen) atoms. The summed E-state index contributed by atoms with van der Waals surface area (Å²) >= 11 is 3.49. The van der Waals surface area contributed by atoms with Crippen LogP contribution < -0.4 is 10.6 Å². The van der Waals surface area contributed by atoms with Gasteiger partial charge in [0.1, 0.15) is 0 Å². The van der Waals surface area contributed by atoms with Crippen molar-refractivity contribution in [2.45, 2.75) is 33.2 Å². The van der Waals surface area contributed by atoms with Crippen molar-refractivity contribution in [2.75, 3.05) is 26.7 Å². The molecule has 1 amide bonds. The Labute approximate surface area is 170 Å². The van der Waals surface area contributed by atoms with Crippen molar-refractivity contribution in [2.24, 2.45) is 12.0 Å². The fourth-order valence-corrected chi connectivity index (χ4v) is 2.70. The largest absolute Gasteiger partial charge is 0.357 e. The Morgan fingerprint density at radius 3 is 2.62 bits per heavy atom. The summed E-state index contributed by atoms with van der Waals surface area (Å²) in [6, 6.07) is 2.10. The number of aromatic nitrogens is 1. The van der Waals surface area contributed by atoms with Gasteiger partial charge in [-0.2, -0.15) is 0 Å². The maximum absolute atomic E-state index is 11.6. The first-order chi connectivity index (χ1) is 11.0. The van der Waals surface area contributed by atoms with Crippen molar-refractivity contribution in [1.82, 2.24) is 20.1 Å². The van der Waals surface area contributed by atoms with Crippen LogP contribution >= 0.6 is 39.9 Å². The van der Waals surface area contributed by atoms with Gasteiger partial charge in [0.25, 0.3) is 0 Å². The molecule has 1 heterocycles. The number of halogens is 2. The second kappa shape index (κ2) is 12.6. The number of guanidine groups is 1. The Morgan fingerprint density at radius 1 is 1.38 bits per heavy atom. The first-order valence-corrected chi connectivity index (χ1v) is 8.84. The number of amides is 1. The molecule has 0 unspecified atom stereocenters. The maximum atomic E-state index is 11.6. The Hall–Kier alpha value is -0.770. The van der Waals surface area contributed by atoms with Gasteiger partial charge in [-0.25, -0.2) is 0 Å². The average Bonchev–Trinajstić information content (AvgIpc) is 2.81. The van der Waals surface area contributed by atoms with Gasteiger partial charge in [0.15, 0.2) is 5.96 Å². The van der Waals surface area contributed by atoms with E-state index in [4.69, 9.17) is 0 Å². The predicted molar refractivity (Wildman–Crippen MR) is 114 cm³/mol. The zero-order valence-electron chi connectivity index (χ0n) is 14.9. The van der Waals surface area contributed by atoms with Gasteiger partial charge < -0.3 is 20.1 Å². The lowest BCUT2D eigenvalue weighted by Crippen LogP contribution is -2.39. The number of aliphatic imine (C=N–C) groups is 1. The van der Waals surface area contributed by atoms with E-state index in [0.29, 0.717) is 13.0 Å². The van der Waals surface area contributed by atoms with Gasteiger partial charge in [0, 0.05) is 50.0 Å². The van der Waals surface area contributed by atoms with Crippen molar-refractivity contribution in [1.29, 1.82) is 0 Å². The molecule has 0 aromatic carbocycles. The number of hydrogen-bond acceptors (Lipinski definition) is 2. The molecular formula is C16H29BrIN5O. The van der Waals surface area contributed by atoms with E-state index >= 15 is 0 Å². The van der Waals surface area contributed by atoms with Crippen molar-refractivity contribution in [3.63, 3.8) is 0 Å². The minimum atomic E-state index is 0. The van der Waals surface area contributed by atoms with Crippen LogP contribution in [0.5, 0.6) is 0 Å². The highest BCUT2D eigenvalue weighted by molar-refractivity contribution is 14.0. The summed E-state index contributed by atoms with van der Waals surface area (Å²) < 4.78 is 3.15. The highest BCUT2D eigenvalue weighted by Gasteiger charge is 2.10. The first-order valence-electron chi connectivity index (χ1n) is 8.04. The van der Waals surface area contributed by atoms with Crippen molar-refractivity contribution >= 4 is 51.8 Å². The van der Waals surface area contributed by atoms with E-state index < -0.39 is 0 Å². The second-order valence-corrected chi connectivity index (χ2v) is 6.37. The number of rotatable bonds is 8. The number of carbonyl (C=O) groups is 1. The number of hydrogen-bond donors (Lipinski definition) is 2. The SMILES string of the molecule is CCCNC(=O)CCN=C(NCC)N(C)Cc1cc(Br)cn1C.I. The monoisotopic (exact) mass is 513 g/mol. The fourth-order valence-electron chi connectivity index (χ4n) is 2.13. The Kier molecular flexibility index (Phi) is 12.2. The lowest BCUT2D eigenvalue weighted by Gasteiger charge is -2.22. The third-order valence-corrected chi connectivity index (χ3v) is 3.78. The molecule has 2 N–H and O–H groups in total. The van der Waals surface area contributed by atoms with E-state index in [9.17, 15) is 4.79 Å². The molecule has 0 saturated carbocycles. The van der Waals surface area contributed by atoms with Crippen LogP contribution in [0.25, 0.3) is 0 Å². The third-order valence-electron chi connectivity index (χ3n) is 3.34. The average molecular weight is 514 g/mol. The molecule has 0 spiro atoms. The van der Waals surface area contributed by atoms with E-state index in [-0.39, 0.29) is 29.9 Å². The molecule has 0 fully saturated rings. The Balaban J connectivity index is 0.00000529. The van der Waals surface area contributed by atoms with E-state index in [1.54, 1.807) is 0 Å². The van der Waals surface area contributed by atoms with Crippen LogP contribution in [0, 0.1) is 0 Å². The molecule has 1 aromatic rings. The summed E-state index contributed by atoms with van der Waals surface area (Å²) in [5, 5.41) is 6.14. The van der Waals surface area contributed by atoms with Crippen LogP contribution in [0.2, 0.25) is 0 Å². The molecule has 0 saturated heterocycles. The van der Waals surface area contributed by atoms with Gasteiger partial charge in [-0.3, -0.25) is 9.79 Å². The first kappa shape index (κ1) is 23.2. The third kappa shape index (κ3) is 8.36. The molecule has 6 nitrogen and oxygen atoms in total. The summed E-state index contributed by atoms with van der Waals surface area (Å²) in [4.78, 5) is 18.2. The standard InChI is InChI=1S/C16H28BrN5O.HI/c1-5-8-19-15(23)7-9-20-16(18-6-2)22(4)12-14-10-13(17)11-21(14)3;/h10-11H,5-9,12H2,1-4H3,(H,18,20)(H,19,23);1H. The molecule has 0 aliphatic heterocycles. The summed E-state index contributed by atoms with van der Waals surface area (Å²) in [6.45, 7) is 6.83. The zero-order valence-corrected chi connectivity index (χ0v) is 18.8. The van der Waals surface area contributed by atoms with E-state index in [1.807, 2.05) is 34.1 Å². The lowest BCUT2D eigenvalue weighted by molar-refractivity contribution is -0.120. The van der Waals surface area contributed by atoms with Crippen LogP contribution in [-0.2, 0) is 18.4 Å². The molecule has 0 radical (unpaired) electrons. The normalized spacial score (nSPS) is 11.0. The lowest BCUT2D eigenvalue weighted by atomic mass is 10.4. The summed E-state index contributed by atoms with van der Waals surface area (Å²) in [5.74, 6) is 0.869. The van der Waals surface area contributed by atoms with Gasteiger partial charge in [-0.1, -0.05) is 6.92 Å². The van der Waals surface area contributed by atoms with Gasteiger partial charge in [0.2, 0.25) is 5.91 Å². The second-order valence-electron chi connectivity index (χ2n) is 5.45. The molecule has 1 rings (SSSR count). The zero-order chi connectivity index (χ0) is 17.2. The molecule has 0 aliphatic rings. The Bertz CT molecular complexity index is 533. The number of nitrogens with zero attached hydrogens (tertiary/aromatic N) is 3. The quantitative estimate of drug-likeness (QED) is 0.319. The summed E-state index contributed by atoms with van der Waals surface area (Å²) in [7, 11) is 4.02. The molecule has 138 valence electrons. The Morgan fingerprint density at radius 2 is 2.08 bits per heavy atom. The molecule has 8 heteroatoms. The minimum Gasteiger partial charge on any atom is -0.357 e. The molecular weight excluding hydrogens is 485 g/mol. The van der Waals surface area contributed by atoms with Gasteiger partial charge in [0.05, 0.1) is 13.1 Å². The van der Waals surface area contributed by atoms with E-state index in [2.05, 4.69) is 47.1 Å². The van der Waals surface area contributed by atoms with Crippen LogP contribution in [-0.4, -0.2) is 48.0 Å². The van der Waals surface area contributed by atoms with E-state index in [1.165, 1.54) is 5.69 Å². The summed E-state index contributed by atoms with van der Waals surface area (Å²) in [5.41, 5.74) is 1.19. The number of carbonyl (C=O) groups excluding carboxylic acids is 1. The highest BCUT2D eigenvalue weighted by atomic mass is 127. The van der Waals surface area contributed by atoms with Gasteiger partial charge in [-0.05, 0) is 35.3 Å². The molecule has 0 atom stereocenters. The van der Waals surface area contributed by atoms with Gasteiger partial charge in [-0.15, -0.1) is 24.0 Å². The van der Waals surface area contributed by atoms with Crippen LogP contribution in [0.1, 0.15) is 32.4 Å². The molecule has 0 bridgehead atoms. The van der Waals surface area contributed by atoms with Crippen molar-refractivity contribution in [3.05, 3.63) is 22.4 Å². The molecule has 1 aromatic heterocycles. The van der Waals surface area contributed by atoms with Crippen LogP contribution in [0.4, 0.5) is 0 Å². The van der Waals surface area contributed by atoms with E-state index in [0.717, 1.165) is 36.5 Å². The topological polar surface area (TPSA) is 61.7 Å². The number of nitrogens with one attached hydrogen (secondary N) is 2. The van der Waals surface area contributed by atoms with Crippen LogP contribution in [0.3, 0.4) is 0 Å². The fraction of sp³-hybridized carbons (Fsp3) is 0.625. The highest BCUT2D eigenvalue weighted by Crippen LogP contribution is 2.14. The molecule has 0 aliphatic carbocycles. The predicted octanol–water partition coefficient (Wildman–Crippen LogP) is 2.72.